The lowest BCUT2D eigenvalue weighted by Crippen LogP contribution is -2.05. The lowest BCUT2D eigenvalue weighted by Gasteiger charge is -2.08. The highest BCUT2D eigenvalue weighted by Crippen LogP contribution is 2.23. The zero-order chi connectivity index (χ0) is 16.7. The summed E-state index contributed by atoms with van der Waals surface area (Å²) in [5.41, 5.74) is 1.49. The molecule has 1 atom stereocenters. The summed E-state index contributed by atoms with van der Waals surface area (Å²) in [4.78, 5) is 15.0. The second kappa shape index (κ2) is 8.46. The quantitative estimate of drug-likeness (QED) is 0.374. The second-order valence-corrected chi connectivity index (χ2v) is 5.83. The van der Waals surface area contributed by atoms with Crippen LogP contribution in [0.5, 0.6) is 5.88 Å². The maximum atomic E-state index is 10.9. The standard InChI is InChI=1S/C18H24N2O3/c1-3-4-5-6-7-12-23-18-11-9-16-13-15(14(2)20(21)22)8-10-17(16)19-18/h8-11,13-14H,3-7,12H2,1-2H3. The van der Waals surface area contributed by atoms with Crippen molar-refractivity contribution in [1.29, 1.82) is 0 Å². The number of ether oxygens (including phenoxy) is 1. The van der Waals surface area contributed by atoms with E-state index in [0.717, 1.165) is 17.3 Å². The molecule has 1 aromatic heterocycles. The van der Waals surface area contributed by atoms with Crippen LogP contribution >= 0.6 is 0 Å². The van der Waals surface area contributed by atoms with Crippen LogP contribution in [0.3, 0.4) is 0 Å². The fraction of sp³-hybridized carbons (Fsp3) is 0.500. The first-order valence-corrected chi connectivity index (χ1v) is 8.29. The highest BCUT2D eigenvalue weighted by Gasteiger charge is 2.16. The average molecular weight is 316 g/mol. The van der Waals surface area contributed by atoms with Gasteiger partial charge in [0.1, 0.15) is 0 Å². The first kappa shape index (κ1) is 17.2. The lowest BCUT2D eigenvalue weighted by molar-refractivity contribution is -0.524. The van der Waals surface area contributed by atoms with Gasteiger partial charge in [0, 0.05) is 28.9 Å². The molecule has 2 rings (SSSR count). The summed E-state index contributed by atoms with van der Waals surface area (Å²) in [7, 11) is 0. The smallest absolute Gasteiger partial charge is 0.235 e. The number of fused-ring (bicyclic) bond motifs is 1. The molecular formula is C18H24N2O3. The summed E-state index contributed by atoms with van der Waals surface area (Å²) in [6.07, 6.45) is 5.99. The van der Waals surface area contributed by atoms with E-state index in [1.54, 1.807) is 13.0 Å². The Morgan fingerprint density at radius 3 is 2.70 bits per heavy atom. The van der Waals surface area contributed by atoms with Crippen LogP contribution in [0.2, 0.25) is 0 Å². The van der Waals surface area contributed by atoms with Crippen molar-refractivity contribution in [2.75, 3.05) is 6.61 Å². The summed E-state index contributed by atoms with van der Waals surface area (Å²) in [5, 5.41) is 11.8. The SMILES string of the molecule is CCCCCCCOc1ccc2cc(C(C)[N+](=O)[O-])ccc2n1. The largest absolute Gasteiger partial charge is 0.478 e. The zero-order valence-corrected chi connectivity index (χ0v) is 13.8. The van der Waals surface area contributed by atoms with Crippen molar-refractivity contribution < 1.29 is 9.66 Å². The number of unbranched alkanes of at least 4 members (excludes halogenated alkanes) is 4. The average Bonchev–Trinajstić information content (AvgIpc) is 2.56. The Morgan fingerprint density at radius 2 is 1.96 bits per heavy atom. The summed E-state index contributed by atoms with van der Waals surface area (Å²) in [6, 6.07) is 8.43. The Kier molecular flexibility index (Phi) is 6.32. The van der Waals surface area contributed by atoms with Crippen LogP contribution in [-0.2, 0) is 0 Å². The summed E-state index contributed by atoms with van der Waals surface area (Å²) < 4.78 is 5.69. The summed E-state index contributed by atoms with van der Waals surface area (Å²) in [5.74, 6) is 0.614. The van der Waals surface area contributed by atoms with Gasteiger partial charge in [-0.3, -0.25) is 10.1 Å². The molecule has 1 unspecified atom stereocenters. The number of rotatable bonds is 9. The monoisotopic (exact) mass is 316 g/mol. The van der Waals surface area contributed by atoms with Gasteiger partial charge >= 0.3 is 0 Å². The van der Waals surface area contributed by atoms with E-state index in [1.807, 2.05) is 24.3 Å². The van der Waals surface area contributed by atoms with Gasteiger partial charge in [-0.25, -0.2) is 4.98 Å². The van der Waals surface area contributed by atoms with E-state index < -0.39 is 6.04 Å². The van der Waals surface area contributed by atoms with Crippen molar-refractivity contribution in [3.05, 3.63) is 46.0 Å². The van der Waals surface area contributed by atoms with Crippen molar-refractivity contribution >= 4 is 10.9 Å². The third-order valence-electron chi connectivity index (χ3n) is 3.98. The lowest BCUT2D eigenvalue weighted by atomic mass is 10.1. The van der Waals surface area contributed by atoms with Gasteiger partial charge < -0.3 is 4.74 Å². The molecule has 2 aromatic rings. The van der Waals surface area contributed by atoms with Crippen LogP contribution in [0, 0.1) is 10.1 Å². The van der Waals surface area contributed by atoms with Gasteiger partial charge in [-0.1, -0.05) is 38.7 Å². The fourth-order valence-electron chi connectivity index (χ4n) is 2.47. The Labute approximate surface area is 136 Å². The number of hydrogen-bond donors (Lipinski definition) is 0. The summed E-state index contributed by atoms with van der Waals surface area (Å²) >= 11 is 0. The van der Waals surface area contributed by atoms with Crippen LogP contribution in [-0.4, -0.2) is 16.5 Å². The zero-order valence-electron chi connectivity index (χ0n) is 13.8. The summed E-state index contributed by atoms with van der Waals surface area (Å²) in [6.45, 7) is 4.47. The first-order valence-electron chi connectivity index (χ1n) is 8.29. The molecule has 0 aliphatic rings. The first-order chi connectivity index (χ1) is 11.1. The number of nitro groups is 1. The van der Waals surface area contributed by atoms with Crippen molar-refractivity contribution in [3.63, 3.8) is 0 Å². The van der Waals surface area contributed by atoms with E-state index in [0.29, 0.717) is 18.1 Å². The highest BCUT2D eigenvalue weighted by atomic mass is 16.6. The van der Waals surface area contributed by atoms with Gasteiger partial charge in [-0.15, -0.1) is 0 Å². The predicted molar refractivity (Wildman–Crippen MR) is 91.4 cm³/mol. The van der Waals surface area contributed by atoms with E-state index in [1.165, 1.54) is 25.7 Å². The van der Waals surface area contributed by atoms with Gasteiger partial charge in [0.15, 0.2) is 0 Å². The van der Waals surface area contributed by atoms with Gasteiger partial charge in [-0.05, 0) is 24.6 Å². The van der Waals surface area contributed by atoms with Gasteiger partial charge in [0.05, 0.1) is 12.1 Å². The van der Waals surface area contributed by atoms with Gasteiger partial charge in [-0.2, -0.15) is 0 Å². The molecule has 0 aliphatic carbocycles. The van der Waals surface area contributed by atoms with E-state index in [-0.39, 0.29) is 4.92 Å². The van der Waals surface area contributed by atoms with Gasteiger partial charge in [0.2, 0.25) is 11.9 Å². The topological polar surface area (TPSA) is 65.3 Å². The molecule has 0 radical (unpaired) electrons. The molecular weight excluding hydrogens is 292 g/mol. The molecule has 0 saturated carbocycles. The number of hydrogen-bond acceptors (Lipinski definition) is 4. The minimum absolute atomic E-state index is 0.287. The second-order valence-electron chi connectivity index (χ2n) is 5.83. The number of aromatic nitrogens is 1. The molecule has 5 nitrogen and oxygen atoms in total. The maximum Gasteiger partial charge on any atom is 0.235 e. The molecule has 0 bridgehead atoms. The molecule has 1 heterocycles. The maximum absolute atomic E-state index is 10.9. The Balaban J connectivity index is 1.97. The Bertz CT molecular complexity index is 658. The molecule has 0 fully saturated rings. The predicted octanol–water partition coefficient (Wildman–Crippen LogP) is 4.92. The Hall–Kier alpha value is -2.17. The molecule has 0 N–H and O–H groups in total. The highest BCUT2D eigenvalue weighted by molar-refractivity contribution is 5.79. The van der Waals surface area contributed by atoms with Crippen molar-refractivity contribution in [2.24, 2.45) is 0 Å². The van der Waals surface area contributed by atoms with Gasteiger partial charge in [0.25, 0.3) is 0 Å². The minimum Gasteiger partial charge on any atom is -0.478 e. The van der Waals surface area contributed by atoms with E-state index in [2.05, 4.69) is 11.9 Å². The number of nitrogens with zero attached hydrogens (tertiary/aromatic N) is 2. The molecule has 0 saturated heterocycles. The van der Waals surface area contributed by atoms with Crippen LogP contribution in [0.4, 0.5) is 0 Å². The van der Waals surface area contributed by atoms with Crippen LogP contribution in [0.15, 0.2) is 30.3 Å². The number of pyridine rings is 1. The molecule has 1 aromatic carbocycles. The molecule has 23 heavy (non-hydrogen) atoms. The molecule has 0 aliphatic heterocycles. The van der Waals surface area contributed by atoms with Crippen molar-refractivity contribution in [3.8, 4) is 5.88 Å². The van der Waals surface area contributed by atoms with Crippen LogP contribution in [0.1, 0.15) is 57.6 Å². The molecule has 0 amide bonds. The van der Waals surface area contributed by atoms with E-state index in [9.17, 15) is 10.1 Å². The van der Waals surface area contributed by atoms with E-state index >= 15 is 0 Å². The Morgan fingerprint density at radius 1 is 1.17 bits per heavy atom. The van der Waals surface area contributed by atoms with Crippen LogP contribution in [0.25, 0.3) is 10.9 Å². The van der Waals surface area contributed by atoms with Crippen LogP contribution < -0.4 is 4.74 Å². The number of benzene rings is 1. The fourth-order valence-corrected chi connectivity index (χ4v) is 2.47. The minimum atomic E-state index is -0.710. The molecule has 0 spiro atoms. The normalized spacial score (nSPS) is 12.3. The third kappa shape index (κ3) is 4.91. The van der Waals surface area contributed by atoms with Crippen molar-refractivity contribution in [1.82, 2.24) is 4.98 Å². The third-order valence-corrected chi connectivity index (χ3v) is 3.98. The molecule has 5 heteroatoms. The van der Waals surface area contributed by atoms with E-state index in [4.69, 9.17) is 4.74 Å². The van der Waals surface area contributed by atoms with Crippen molar-refractivity contribution in [2.45, 2.75) is 52.0 Å². The molecule has 124 valence electrons.